The minimum absolute atomic E-state index is 1.18. The maximum atomic E-state index is 2.55. The van der Waals surface area contributed by atoms with Gasteiger partial charge in [0.25, 0.3) is 0 Å². The molecule has 0 unspecified atom stereocenters. The third kappa shape index (κ3) is 3.20. The Kier molecular flexibility index (Phi) is 4.77. The molecule has 0 fully saturated rings. The average Bonchev–Trinajstić information content (AvgIpc) is 3.80. The molecular weight excluding hydrogens is 591 g/mol. The molecule has 2 aliphatic carbocycles. The summed E-state index contributed by atoms with van der Waals surface area (Å²) in [6.07, 6.45) is 0. The van der Waals surface area contributed by atoms with Crippen LogP contribution < -0.4 is 0 Å². The Balaban J connectivity index is 1.19. The van der Waals surface area contributed by atoms with Gasteiger partial charge in [-0.2, -0.15) is 0 Å². The van der Waals surface area contributed by atoms with E-state index in [0.29, 0.717) is 0 Å². The maximum absolute atomic E-state index is 2.55. The third-order valence-electron chi connectivity index (χ3n) is 11.2. The van der Waals surface area contributed by atoms with Gasteiger partial charge in [-0.25, -0.2) is 0 Å². The highest BCUT2D eigenvalue weighted by Crippen LogP contribution is 2.52. The predicted molar refractivity (Wildman–Crippen MR) is 208 cm³/mol. The average molecular weight is 618 g/mol. The molecule has 0 bridgehead atoms. The van der Waals surface area contributed by atoms with Crippen LogP contribution in [0, 0.1) is 0 Å². The summed E-state index contributed by atoms with van der Waals surface area (Å²) in [5, 5.41) is 10.4. The summed E-state index contributed by atoms with van der Waals surface area (Å²) in [4.78, 5) is 0. The molecule has 1 nitrogen and oxygen atoms in total. The van der Waals surface area contributed by atoms with Crippen LogP contribution in [0.4, 0.5) is 0 Å². The number of rotatable bonds is 2. The van der Waals surface area contributed by atoms with E-state index in [2.05, 4.69) is 168 Å². The molecular formula is C48H27N. The van der Waals surface area contributed by atoms with Gasteiger partial charge in [0.2, 0.25) is 0 Å². The molecule has 2 aliphatic rings. The second-order valence-corrected chi connectivity index (χ2v) is 13.6. The SMILES string of the molecule is c1cc(-c2ccc3c4c(cccc24)-c2ccccc2-3)cc(-n2c3c4ccccc4ccc3c3cc4c5c(cccc5c32)-c2ccccc2-4)c1. The number of hydrogen-bond acceptors (Lipinski definition) is 0. The van der Waals surface area contributed by atoms with Crippen molar-refractivity contribution in [3.8, 4) is 61.3 Å². The molecule has 0 amide bonds. The zero-order valence-electron chi connectivity index (χ0n) is 26.5. The molecule has 10 aromatic rings. The summed E-state index contributed by atoms with van der Waals surface area (Å²) >= 11 is 0. The summed E-state index contributed by atoms with van der Waals surface area (Å²) in [6, 6.07) is 61.2. The Labute approximate surface area is 282 Å². The minimum atomic E-state index is 1.18. The normalized spacial score (nSPS) is 12.5. The van der Waals surface area contributed by atoms with Gasteiger partial charge in [-0.3, -0.25) is 0 Å². The van der Waals surface area contributed by atoms with Crippen molar-refractivity contribution in [2.75, 3.05) is 0 Å². The number of fused-ring (bicyclic) bond motifs is 12. The van der Waals surface area contributed by atoms with Crippen molar-refractivity contribution < 1.29 is 0 Å². The number of benzene rings is 9. The highest BCUT2D eigenvalue weighted by molar-refractivity contribution is 6.30. The quantitative estimate of drug-likeness (QED) is 0.182. The first kappa shape index (κ1) is 25.6. The maximum Gasteiger partial charge on any atom is 0.0620 e. The third-order valence-corrected chi connectivity index (χ3v) is 11.2. The summed E-state index contributed by atoms with van der Waals surface area (Å²) in [5.41, 5.74) is 16.9. The fraction of sp³-hybridized carbons (Fsp3) is 0. The van der Waals surface area contributed by atoms with Crippen molar-refractivity contribution in [2.24, 2.45) is 0 Å². The van der Waals surface area contributed by atoms with E-state index < -0.39 is 0 Å². The Morgan fingerprint density at radius 3 is 1.61 bits per heavy atom. The highest BCUT2D eigenvalue weighted by atomic mass is 15.0. The topological polar surface area (TPSA) is 4.93 Å². The van der Waals surface area contributed by atoms with E-state index in [0.717, 1.165) is 0 Å². The smallest absolute Gasteiger partial charge is 0.0620 e. The van der Waals surface area contributed by atoms with Gasteiger partial charge in [-0.1, -0.05) is 146 Å². The van der Waals surface area contributed by atoms with Crippen molar-refractivity contribution in [1.82, 2.24) is 4.57 Å². The molecule has 1 heteroatoms. The standard InChI is InChI=1S/C48H27N/c1-2-13-32-28(10-1)22-23-41-44-27-43-36-17-6-5-16-35(36)39-20-9-21-42(46(39)43)48(44)49(47(32)41)30-12-7-11-29(26-30)31-24-25-40-34-15-4-3-14-33(34)38-19-8-18-37(31)45(38)40/h1-27H. The molecule has 0 saturated heterocycles. The van der Waals surface area contributed by atoms with Crippen LogP contribution in [0.1, 0.15) is 0 Å². The Morgan fingerprint density at radius 1 is 0.286 bits per heavy atom. The van der Waals surface area contributed by atoms with Gasteiger partial charge in [-0.15, -0.1) is 0 Å². The Hall–Kier alpha value is -6.44. The fourth-order valence-electron chi connectivity index (χ4n) is 9.26. The van der Waals surface area contributed by atoms with Crippen molar-refractivity contribution >= 4 is 54.1 Å². The second kappa shape index (κ2) is 9.13. The first-order valence-electron chi connectivity index (χ1n) is 17.1. The van der Waals surface area contributed by atoms with Crippen LogP contribution >= 0.6 is 0 Å². The minimum Gasteiger partial charge on any atom is -0.308 e. The van der Waals surface area contributed by atoms with Gasteiger partial charge in [-0.05, 0) is 95.4 Å². The monoisotopic (exact) mass is 617 g/mol. The van der Waals surface area contributed by atoms with Crippen LogP contribution in [0.2, 0.25) is 0 Å². The van der Waals surface area contributed by atoms with Gasteiger partial charge >= 0.3 is 0 Å². The van der Waals surface area contributed by atoms with Crippen LogP contribution in [0.5, 0.6) is 0 Å². The van der Waals surface area contributed by atoms with Crippen LogP contribution in [0.3, 0.4) is 0 Å². The van der Waals surface area contributed by atoms with Gasteiger partial charge in [0.05, 0.1) is 11.0 Å². The van der Waals surface area contributed by atoms with E-state index in [1.54, 1.807) is 0 Å². The summed E-state index contributed by atoms with van der Waals surface area (Å²) in [7, 11) is 0. The fourth-order valence-corrected chi connectivity index (χ4v) is 9.26. The lowest BCUT2D eigenvalue weighted by Gasteiger charge is -2.15. The van der Waals surface area contributed by atoms with Crippen LogP contribution in [0.25, 0.3) is 115 Å². The molecule has 1 aromatic heterocycles. The lowest BCUT2D eigenvalue weighted by atomic mass is 9.94. The molecule has 224 valence electrons. The first-order valence-corrected chi connectivity index (χ1v) is 17.1. The summed E-state index contributed by atoms with van der Waals surface area (Å²) in [6.45, 7) is 0. The second-order valence-electron chi connectivity index (χ2n) is 13.6. The Morgan fingerprint density at radius 2 is 0.837 bits per heavy atom. The lowest BCUT2D eigenvalue weighted by molar-refractivity contribution is 1.19. The zero-order valence-corrected chi connectivity index (χ0v) is 26.5. The van der Waals surface area contributed by atoms with Gasteiger partial charge < -0.3 is 4.57 Å². The lowest BCUT2D eigenvalue weighted by Crippen LogP contribution is -1.96. The largest absolute Gasteiger partial charge is 0.308 e. The van der Waals surface area contributed by atoms with Gasteiger partial charge in [0, 0.05) is 27.2 Å². The Bertz CT molecular complexity index is 3070. The van der Waals surface area contributed by atoms with Gasteiger partial charge in [0.1, 0.15) is 0 Å². The van der Waals surface area contributed by atoms with Crippen molar-refractivity contribution in [1.29, 1.82) is 0 Å². The van der Waals surface area contributed by atoms with E-state index in [9.17, 15) is 0 Å². The summed E-state index contributed by atoms with van der Waals surface area (Å²) < 4.78 is 2.55. The highest BCUT2D eigenvalue weighted by Gasteiger charge is 2.27. The zero-order chi connectivity index (χ0) is 31.8. The van der Waals surface area contributed by atoms with Crippen molar-refractivity contribution in [3.05, 3.63) is 164 Å². The van der Waals surface area contributed by atoms with Crippen molar-refractivity contribution in [2.45, 2.75) is 0 Å². The predicted octanol–water partition coefficient (Wildman–Crippen LogP) is 13.2. The van der Waals surface area contributed by atoms with Gasteiger partial charge in [0.15, 0.2) is 0 Å². The van der Waals surface area contributed by atoms with Crippen molar-refractivity contribution in [3.63, 3.8) is 0 Å². The molecule has 0 saturated carbocycles. The molecule has 12 rings (SSSR count). The van der Waals surface area contributed by atoms with Crippen LogP contribution in [0.15, 0.2) is 164 Å². The van der Waals surface area contributed by atoms with E-state index >= 15 is 0 Å². The number of aromatic nitrogens is 1. The number of nitrogens with zero attached hydrogens (tertiary/aromatic N) is 1. The van der Waals surface area contributed by atoms with E-state index in [1.807, 2.05) is 0 Å². The molecule has 49 heavy (non-hydrogen) atoms. The van der Waals surface area contributed by atoms with E-state index in [-0.39, 0.29) is 0 Å². The van der Waals surface area contributed by atoms with Crippen LogP contribution in [-0.4, -0.2) is 4.57 Å². The first-order chi connectivity index (χ1) is 24.3. The van der Waals surface area contributed by atoms with E-state index in [1.165, 1.54) is 115 Å². The molecule has 0 atom stereocenters. The summed E-state index contributed by atoms with van der Waals surface area (Å²) in [5.74, 6) is 0. The molecule has 0 N–H and O–H groups in total. The molecule has 0 radical (unpaired) electrons. The number of hydrogen-bond donors (Lipinski definition) is 0. The molecule has 0 spiro atoms. The molecule has 9 aromatic carbocycles. The van der Waals surface area contributed by atoms with E-state index in [4.69, 9.17) is 0 Å². The molecule has 0 aliphatic heterocycles. The van der Waals surface area contributed by atoms with Crippen LogP contribution in [-0.2, 0) is 0 Å². The molecule has 1 heterocycles.